The fourth-order valence-corrected chi connectivity index (χ4v) is 3.83. The van der Waals surface area contributed by atoms with Crippen LogP contribution >= 0.6 is 0 Å². The lowest BCUT2D eigenvalue weighted by Gasteiger charge is -2.35. The highest BCUT2D eigenvalue weighted by molar-refractivity contribution is 6.03. The van der Waals surface area contributed by atoms with Crippen molar-refractivity contribution in [3.63, 3.8) is 0 Å². The predicted octanol–water partition coefficient (Wildman–Crippen LogP) is 2.45. The molecule has 0 N–H and O–H groups in total. The third-order valence-corrected chi connectivity index (χ3v) is 5.42. The van der Waals surface area contributed by atoms with E-state index in [0.717, 1.165) is 0 Å². The van der Waals surface area contributed by atoms with Crippen molar-refractivity contribution < 1.29 is 14.3 Å². The van der Waals surface area contributed by atoms with Gasteiger partial charge in [0.2, 0.25) is 5.91 Å². The van der Waals surface area contributed by atoms with E-state index in [2.05, 4.69) is 0 Å². The summed E-state index contributed by atoms with van der Waals surface area (Å²) in [5.74, 6) is 1.87. The number of ether oxygens (including phenoxy) is 1. The minimum absolute atomic E-state index is 0.0241. The van der Waals surface area contributed by atoms with E-state index < -0.39 is 6.10 Å². The summed E-state index contributed by atoms with van der Waals surface area (Å²) in [6, 6.07) is 7.79. The maximum Gasteiger partial charge on any atom is 0.268 e. The molecule has 1 aromatic carbocycles. The summed E-state index contributed by atoms with van der Waals surface area (Å²) >= 11 is 0. The molecule has 2 fully saturated rings. The van der Waals surface area contributed by atoms with Crippen LogP contribution in [0.25, 0.3) is 0 Å². The summed E-state index contributed by atoms with van der Waals surface area (Å²) in [5, 5.41) is 0. The number of benzene rings is 1. The smallest absolute Gasteiger partial charge is 0.268 e. The quantitative estimate of drug-likeness (QED) is 0.834. The maximum atomic E-state index is 12.9. The molecule has 0 radical (unpaired) electrons. The van der Waals surface area contributed by atoms with Crippen molar-refractivity contribution in [1.82, 2.24) is 4.90 Å². The molecule has 1 heterocycles. The zero-order valence-electron chi connectivity index (χ0n) is 14.3. The SMILES string of the molecule is C[C@@H]1Oc2ccccc2N(CC(=O)N(C)C(C2CC2)C2CC2)C1=O. The predicted molar refractivity (Wildman–Crippen MR) is 90.9 cm³/mol. The van der Waals surface area contributed by atoms with E-state index in [1.54, 1.807) is 11.8 Å². The first-order valence-corrected chi connectivity index (χ1v) is 8.89. The maximum absolute atomic E-state index is 12.9. The summed E-state index contributed by atoms with van der Waals surface area (Å²) in [4.78, 5) is 28.9. The van der Waals surface area contributed by atoms with Gasteiger partial charge in [0.05, 0.1) is 5.69 Å². The second kappa shape index (κ2) is 5.80. The molecule has 0 unspecified atom stereocenters. The number of carbonyl (C=O) groups is 2. The van der Waals surface area contributed by atoms with Crippen molar-refractivity contribution in [1.29, 1.82) is 0 Å². The van der Waals surface area contributed by atoms with Crippen molar-refractivity contribution in [3.8, 4) is 5.75 Å². The zero-order valence-corrected chi connectivity index (χ0v) is 14.3. The lowest BCUT2D eigenvalue weighted by Crippen LogP contribution is -2.51. The van der Waals surface area contributed by atoms with Crippen LogP contribution in [0.2, 0.25) is 0 Å². The van der Waals surface area contributed by atoms with E-state index in [9.17, 15) is 9.59 Å². The number of nitrogens with zero attached hydrogens (tertiary/aromatic N) is 2. The zero-order chi connectivity index (χ0) is 16.8. The average Bonchev–Trinajstić information content (AvgIpc) is 3.46. The van der Waals surface area contributed by atoms with Gasteiger partial charge in [0.1, 0.15) is 12.3 Å². The molecule has 128 valence electrons. The van der Waals surface area contributed by atoms with Crippen LogP contribution in [0.1, 0.15) is 32.6 Å². The highest BCUT2D eigenvalue weighted by Crippen LogP contribution is 2.47. The van der Waals surface area contributed by atoms with Gasteiger partial charge >= 0.3 is 0 Å². The van der Waals surface area contributed by atoms with Gasteiger partial charge in [-0.15, -0.1) is 0 Å². The van der Waals surface area contributed by atoms with Gasteiger partial charge in [0, 0.05) is 13.1 Å². The summed E-state index contributed by atoms with van der Waals surface area (Å²) in [6.07, 6.45) is 4.37. The van der Waals surface area contributed by atoms with E-state index in [1.807, 2.05) is 36.2 Å². The van der Waals surface area contributed by atoms with Crippen LogP contribution in [0.5, 0.6) is 5.75 Å². The summed E-state index contributed by atoms with van der Waals surface area (Å²) < 4.78 is 5.64. The van der Waals surface area contributed by atoms with Crippen molar-refractivity contribution >= 4 is 17.5 Å². The van der Waals surface area contributed by atoms with E-state index in [4.69, 9.17) is 4.74 Å². The van der Waals surface area contributed by atoms with Crippen LogP contribution < -0.4 is 9.64 Å². The molecule has 1 aromatic rings. The molecule has 2 aliphatic carbocycles. The Morgan fingerprint density at radius 2 is 1.88 bits per heavy atom. The number of hydrogen-bond acceptors (Lipinski definition) is 3. The first-order chi connectivity index (χ1) is 11.6. The minimum Gasteiger partial charge on any atom is -0.479 e. The Hall–Kier alpha value is -2.04. The van der Waals surface area contributed by atoms with Gasteiger partial charge in [0.15, 0.2) is 6.10 Å². The van der Waals surface area contributed by atoms with Crippen LogP contribution in [0.3, 0.4) is 0 Å². The molecule has 1 aliphatic heterocycles. The lowest BCUT2D eigenvalue weighted by molar-refractivity contribution is -0.134. The number of hydrogen-bond donors (Lipinski definition) is 0. The second-order valence-corrected chi connectivity index (χ2v) is 7.32. The Balaban J connectivity index is 1.53. The Morgan fingerprint density at radius 3 is 2.50 bits per heavy atom. The highest BCUT2D eigenvalue weighted by atomic mass is 16.5. The van der Waals surface area contributed by atoms with E-state index in [-0.39, 0.29) is 18.4 Å². The molecule has 5 nitrogen and oxygen atoms in total. The molecule has 0 saturated heterocycles. The standard InChI is InChI=1S/C19H24N2O3/c1-12-19(23)21(15-5-3-4-6-16(15)24-12)11-17(22)20(2)18(13-7-8-13)14-9-10-14/h3-6,12-14,18H,7-11H2,1-2H3/t12-/m0/s1. The van der Waals surface area contributed by atoms with Crippen molar-refractivity contribution in [2.75, 3.05) is 18.5 Å². The van der Waals surface area contributed by atoms with Crippen LogP contribution in [0.4, 0.5) is 5.69 Å². The normalized spacial score (nSPS) is 23.0. The molecule has 5 heteroatoms. The number of anilines is 1. The Labute approximate surface area is 142 Å². The number of rotatable bonds is 5. The molecule has 0 aromatic heterocycles. The molecule has 2 saturated carbocycles. The molecular weight excluding hydrogens is 304 g/mol. The third-order valence-electron chi connectivity index (χ3n) is 5.42. The van der Waals surface area contributed by atoms with Gasteiger partial charge in [-0.3, -0.25) is 14.5 Å². The molecule has 24 heavy (non-hydrogen) atoms. The van der Waals surface area contributed by atoms with E-state index in [1.165, 1.54) is 25.7 Å². The van der Waals surface area contributed by atoms with Crippen molar-refractivity contribution in [2.45, 2.75) is 44.8 Å². The largest absolute Gasteiger partial charge is 0.479 e. The molecule has 3 aliphatic rings. The van der Waals surface area contributed by atoms with Crippen LogP contribution in [0.15, 0.2) is 24.3 Å². The number of fused-ring (bicyclic) bond motifs is 1. The summed E-state index contributed by atoms with van der Waals surface area (Å²) in [7, 11) is 1.91. The Bertz CT molecular complexity index is 654. The van der Waals surface area contributed by atoms with E-state index in [0.29, 0.717) is 29.3 Å². The Morgan fingerprint density at radius 1 is 1.25 bits per heavy atom. The monoisotopic (exact) mass is 328 g/mol. The molecular formula is C19H24N2O3. The first kappa shape index (κ1) is 15.5. The highest BCUT2D eigenvalue weighted by Gasteiger charge is 2.45. The van der Waals surface area contributed by atoms with Crippen LogP contribution in [0, 0.1) is 11.8 Å². The molecule has 4 rings (SSSR count). The number of likely N-dealkylation sites (N-methyl/N-ethyl adjacent to an activating group) is 1. The molecule has 1 atom stereocenters. The fourth-order valence-electron chi connectivity index (χ4n) is 3.83. The fraction of sp³-hybridized carbons (Fsp3) is 0.579. The number of carbonyl (C=O) groups excluding carboxylic acids is 2. The molecule has 2 amide bonds. The topological polar surface area (TPSA) is 49.9 Å². The molecule has 0 bridgehead atoms. The Kier molecular flexibility index (Phi) is 3.74. The van der Waals surface area contributed by atoms with Crippen molar-refractivity contribution in [2.24, 2.45) is 11.8 Å². The number of para-hydroxylation sites is 2. The van der Waals surface area contributed by atoms with Crippen LogP contribution in [-0.4, -0.2) is 42.5 Å². The van der Waals surface area contributed by atoms with Gasteiger partial charge in [-0.2, -0.15) is 0 Å². The van der Waals surface area contributed by atoms with Crippen molar-refractivity contribution in [3.05, 3.63) is 24.3 Å². The average molecular weight is 328 g/mol. The van der Waals surface area contributed by atoms with E-state index >= 15 is 0 Å². The lowest BCUT2D eigenvalue weighted by atomic mass is 10.1. The van der Waals surface area contributed by atoms with Gasteiger partial charge in [-0.1, -0.05) is 12.1 Å². The van der Waals surface area contributed by atoms with Gasteiger partial charge in [-0.05, 0) is 56.6 Å². The second-order valence-electron chi connectivity index (χ2n) is 7.32. The summed E-state index contributed by atoms with van der Waals surface area (Å²) in [5.41, 5.74) is 0.691. The minimum atomic E-state index is -0.555. The molecule has 0 spiro atoms. The summed E-state index contributed by atoms with van der Waals surface area (Å²) in [6.45, 7) is 1.83. The van der Waals surface area contributed by atoms with Gasteiger partial charge in [0.25, 0.3) is 5.91 Å². The van der Waals surface area contributed by atoms with Gasteiger partial charge in [-0.25, -0.2) is 0 Å². The van der Waals surface area contributed by atoms with Gasteiger partial charge < -0.3 is 9.64 Å². The van der Waals surface area contributed by atoms with Crippen LogP contribution in [-0.2, 0) is 9.59 Å². The number of amides is 2. The third kappa shape index (κ3) is 2.76. The first-order valence-electron chi connectivity index (χ1n) is 8.89.